The number of rotatable bonds is 3. The SMILES string of the molecule is CC1CCCCC1NC(=O)NC(=O)CN1C(=O)NC2(CCCc3ccccc32)C1=O. The van der Waals surface area contributed by atoms with Crippen molar-refractivity contribution >= 4 is 23.9 Å². The van der Waals surface area contributed by atoms with E-state index in [0.717, 1.165) is 54.6 Å². The largest absolute Gasteiger partial charge is 0.335 e. The first-order valence-corrected chi connectivity index (χ1v) is 10.7. The number of carbonyl (C=O) groups is 4. The Morgan fingerprint density at radius 3 is 2.73 bits per heavy atom. The third-order valence-electron chi connectivity index (χ3n) is 6.63. The molecule has 8 nitrogen and oxygen atoms in total. The van der Waals surface area contributed by atoms with Crippen LogP contribution in [0.15, 0.2) is 24.3 Å². The van der Waals surface area contributed by atoms with Gasteiger partial charge in [0.1, 0.15) is 12.1 Å². The van der Waals surface area contributed by atoms with Gasteiger partial charge in [-0.25, -0.2) is 9.59 Å². The van der Waals surface area contributed by atoms with Crippen LogP contribution in [0.5, 0.6) is 0 Å². The van der Waals surface area contributed by atoms with Gasteiger partial charge < -0.3 is 10.6 Å². The maximum Gasteiger partial charge on any atom is 0.325 e. The van der Waals surface area contributed by atoms with Crippen molar-refractivity contribution in [1.29, 1.82) is 0 Å². The number of carbonyl (C=O) groups excluding carboxylic acids is 4. The average Bonchev–Trinajstić information content (AvgIpc) is 2.95. The maximum absolute atomic E-state index is 13.2. The molecule has 2 aliphatic carbocycles. The number of hydrogen-bond acceptors (Lipinski definition) is 4. The van der Waals surface area contributed by atoms with Crippen molar-refractivity contribution < 1.29 is 19.2 Å². The van der Waals surface area contributed by atoms with Crippen LogP contribution in [0.2, 0.25) is 0 Å². The number of hydrogen-bond donors (Lipinski definition) is 3. The van der Waals surface area contributed by atoms with Crippen molar-refractivity contribution in [2.45, 2.75) is 63.5 Å². The van der Waals surface area contributed by atoms with E-state index in [2.05, 4.69) is 22.9 Å². The monoisotopic (exact) mass is 412 g/mol. The second-order valence-corrected chi connectivity index (χ2v) is 8.63. The summed E-state index contributed by atoms with van der Waals surface area (Å²) in [6.45, 7) is 1.60. The summed E-state index contributed by atoms with van der Waals surface area (Å²) in [4.78, 5) is 51.3. The highest BCUT2D eigenvalue weighted by Crippen LogP contribution is 2.39. The van der Waals surface area contributed by atoms with E-state index < -0.39 is 36.0 Å². The maximum atomic E-state index is 13.2. The zero-order valence-corrected chi connectivity index (χ0v) is 17.2. The summed E-state index contributed by atoms with van der Waals surface area (Å²) in [7, 11) is 0. The Morgan fingerprint density at radius 2 is 1.93 bits per heavy atom. The lowest BCUT2D eigenvalue weighted by Crippen LogP contribution is -2.51. The number of nitrogens with zero attached hydrogens (tertiary/aromatic N) is 1. The van der Waals surface area contributed by atoms with Crippen LogP contribution in [-0.2, 0) is 21.5 Å². The van der Waals surface area contributed by atoms with Gasteiger partial charge in [-0.05, 0) is 49.1 Å². The van der Waals surface area contributed by atoms with Gasteiger partial charge in [0.15, 0.2) is 0 Å². The summed E-state index contributed by atoms with van der Waals surface area (Å²) in [6.07, 6.45) is 6.24. The van der Waals surface area contributed by atoms with Crippen LogP contribution in [0.25, 0.3) is 0 Å². The molecule has 0 radical (unpaired) electrons. The molecular formula is C22H28N4O4. The molecule has 3 aliphatic rings. The Hall–Kier alpha value is -2.90. The smallest absolute Gasteiger partial charge is 0.325 e. The van der Waals surface area contributed by atoms with Crippen molar-refractivity contribution in [1.82, 2.24) is 20.9 Å². The molecular weight excluding hydrogens is 384 g/mol. The third-order valence-corrected chi connectivity index (χ3v) is 6.63. The van der Waals surface area contributed by atoms with Crippen molar-refractivity contribution in [2.24, 2.45) is 5.92 Å². The second kappa shape index (κ2) is 8.08. The van der Waals surface area contributed by atoms with Gasteiger partial charge in [0.05, 0.1) is 0 Å². The molecule has 3 atom stereocenters. The molecule has 2 fully saturated rings. The molecule has 3 unspecified atom stereocenters. The van der Waals surface area contributed by atoms with Gasteiger partial charge in [-0.15, -0.1) is 0 Å². The first-order valence-electron chi connectivity index (χ1n) is 10.7. The minimum atomic E-state index is -1.12. The summed E-state index contributed by atoms with van der Waals surface area (Å²) in [6, 6.07) is 6.42. The Morgan fingerprint density at radius 1 is 1.17 bits per heavy atom. The highest BCUT2D eigenvalue weighted by Gasteiger charge is 2.54. The van der Waals surface area contributed by atoms with Crippen LogP contribution >= 0.6 is 0 Å². The summed E-state index contributed by atoms with van der Waals surface area (Å²) in [5.41, 5.74) is 0.706. The van der Waals surface area contributed by atoms with Gasteiger partial charge in [0.2, 0.25) is 5.91 Å². The summed E-state index contributed by atoms with van der Waals surface area (Å²) in [5.74, 6) is -0.756. The van der Waals surface area contributed by atoms with Gasteiger partial charge in [0.25, 0.3) is 5.91 Å². The standard InChI is InChI=1S/C22H28N4O4/c1-14-7-2-5-11-17(14)23-20(29)24-18(27)13-26-19(28)22(25-21(26)30)12-6-9-15-8-3-4-10-16(15)22/h3-4,8,10,14,17H,2,5-7,9,11-13H2,1H3,(H,25,30)(H2,23,24,27,29). The molecule has 1 aromatic rings. The van der Waals surface area contributed by atoms with E-state index in [1.807, 2.05) is 24.3 Å². The molecule has 8 heteroatoms. The second-order valence-electron chi connectivity index (χ2n) is 8.63. The lowest BCUT2D eigenvalue weighted by atomic mass is 9.76. The minimum absolute atomic E-state index is 0.0327. The van der Waals surface area contributed by atoms with Crippen LogP contribution in [0.3, 0.4) is 0 Å². The Labute approximate surface area is 175 Å². The van der Waals surface area contributed by atoms with Crippen molar-refractivity contribution in [3.8, 4) is 0 Å². The molecule has 0 aromatic heterocycles. The number of benzene rings is 1. The Bertz CT molecular complexity index is 886. The van der Waals surface area contributed by atoms with E-state index in [1.165, 1.54) is 0 Å². The number of imide groups is 2. The predicted octanol–water partition coefficient (Wildman–Crippen LogP) is 2.17. The highest BCUT2D eigenvalue weighted by molar-refractivity contribution is 6.10. The number of amides is 6. The highest BCUT2D eigenvalue weighted by atomic mass is 16.2. The third kappa shape index (κ3) is 3.66. The molecule has 1 aliphatic heterocycles. The molecule has 160 valence electrons. The van der Waals surface area contributed by atoms with Gasteiger partial charge >= 0.3 is 12.1 Å². The molecule has 0 bridgehead atoms. The first kappa shape index (κ1) is 20.4. The van der Waals surface area contributed by atoms with Crippen molar-refractivity contribution in [2.75, 3.05) is 6.54 Å². The number of fused-ring (bicyclic) bond motifs is 2. The zero-order valence-electron chi connectivity index (χ0n) is 17.2. The lowest BCUT2D eigenvalue weighted by molar-refractivity contribution is -0.135. The van der Waals surface area contributed by atoms with Gasteiger partial charge in [0, 0.05) is 6.04 Å². The van der Waals surface area contributed by atoms with Crippen LogP contribution in [0.1, 0.15) is 56.6 Å². The van der Waals surface area contributed by atoms with Crippen LogP contribution in [0, 0.1) is 5.92 Å². The average molecular weight is 412 g/mol. The molecule has 1 spiro atoms. The normalized spacial score (nSPS) is 28.1. The molecule has 1 saturated carbocycles. The molecule has 30 heavy (non-hydrogen) atoms. The zero-order chi connectivity index (χ0) is 21.3. The van der Waals surface area contributed by atoms with Crippen molar-refractivity contribution in [3.63, 3.8) is 0 Å². The molecule has 6 amide bonds. The molecule has 1 aromatic carbocycles. The van der Waals surface area contributed by atoms with Gasteiger partial charge in [-0.1, -0.05) is 44.0 Å². The van der Waals surface area contributed by atoms with E-state index in [0.29, 0.717) is 12.3 Å². The van der Waals surface area contributed by atoms with Crippen LogP contribution in [0.4, 0.5) is 9.59 Å². The molecule has 3 N–H and O–H groups in total. The predicted molar refractivity (Wildman–Crippen MR) is 109 cm³/mol. The molecule has 1 saturated heterocycles. The molecule has 4 rings (SSSR count). The Balaban J connectivity index is 1.40. The Kier molecular flexibility index (Phi) is 5.49. The fraction of sp³-hybridized carbons (Fsp3) is 0.545. The van der Waals surface area contributed by atoms with Crippen molar-refractivity contribution in [3.05, 3.63) is 35.4 Å². The number of aryl methyl sites for hydroxylation is 1. The number of urea groups is 2. The van der Waals surface area contributed by atoms with Crippen LogP contribution < -0.4 is 16.0 Å². The first-order chi connectivity index (χ1) is 14.4. The van der Waals surface area contributed by atoms with Gasteiger partial charge in [-0.2, -0.15) is 0 Å². The van der Waals surface area contributed by atoms with E-state index in [4.69, 9.17) is 0 Å². The quantitative estimate of drug-likeness (QED) is 0.661. The van der Waals surface area contributed by atoms with E-state index in [1.54, 1.807) is 0 Å². The molecule has 1 heterocycles. The van der Waals surface area contributed by atoms with Crippen LogP contribution in [-0.4, -0.2) is 41.4 Å². The fourth-order valence-electron chi connectivity index (χ4n) is 5.00. The summed E-state index contributed by atoms with van der Waals surface area (Å²) < 4.78 is 0. The van der Waals surface area contributed by atoms with E-state index >= 15 is 0 Å². The minimum Gasteiger partial charge on any atom is -0.335 e. The van der Waals surface area contributed by atoms with E-state index in [-0.39, 0.29) is 6.04 Å². The number of nitrogens with one attached hydrogen (secondary N) is 3. The van der Waals surface area contributed by atoms with E-state index in [9.17, 15) is 19.2 Å². The topological polar surface area (TPSA) is 108 Å². The summed E-state index contributed by atoms with van der Waals surface area (Å²) >= 11 is 0. The lowest BCUT2D eigenvalue weighted by Gasteiger charge is -2.33. The summed E-state index contributed by atoms with van der Waals surface area (Å²) in [5, 5.41) is 7.92. The van der Waals surface area contributed by atoms with Gasteiger partial charge in [-0.3, -0.25) is 19.8 Å². The fourth-order valence-corrected chi connectivity index (χ4v) is 5.00.